The lowest BCUT2D eigenvalue weighted by atomic mass is 9.94. The average molecular weight is 315 g/mol. The first-order valence-electron chi connectivity index (χ1n) is 8.48. The van der Waals surface area contributed by atoms with Crippen LogP contribution in [0, 0.1) is 5.92 Å². The van der Waals surface area contributed by atoms with E-state index >= 15 is 0 Å². The molecule has 5 nitrogen and oxygen atoms in total. The summed E-state index contributed by atoms with van der Waals surface area (Å²) in [6.45, 7) is 2.21. The molecule has 2 aliphatic heterocycles. The van der Waals surface area contributed by atoms with Gasteiger partial charge in [-0.1, -0.05) is 18.2 Å². The maximum absolute atomic E-state index is 12.6. The number of benzene rings is 1. The lowest BCUT2D eigenvalue weighted by Gasteiger charge is -2.39. The SMILES string of the molecule is CN(c1ccccc1)C1CCN(C(=O)C2CCNC(=O)C2)CC1. The van der Waals surface area contributed by atoms with Crippen molar-refractivity contribution in [3.63, 3.8) is 0 Å². The minimum absolute atomic E-state index is 0.00768. The van der Waals surface area contributed by atoms with E-state index in [9.17, 15) is 9.59 Å². The van der Waals surface area contributed by atoms with Crippen molar-refractivity contribution in [3.05, 3.63) is 30.3 Å². The number of anilines is 1. The van der Waals surface area contributed by atoms with Gasteiger partial charge in [0, 0.05) is 50.7 Å². The molecule has 1 aromatic carbocycles. The van der Waals surface area contributed by atoms with Crippen molar-refractivity contribution in [1.29, 1.82) is 0 Å². The Kier molecular flexibility index (Phi) is 4.84. The number of carbonyl (C=O) groups is 2. The Hall–Kier alpha value is -2.04. The zero-order valence-electron chi connectivity index (χ0n) is 13.7. The first kappa shape index (κ1) is 15.8. The van der Waals surface area contributed by atoms with E-state index in [1.165, 1.54) is 5.69 Å². The predicted octanol–water partition coefficient (Wildman–Crippen LogP) is 1.64. The van der Waals surface area contributed by atoms with Crippen LogP contribution in [0.15, 0.2) is 30.3 Å². The second kappa shape index (κ2) is 7.02. The molecule has 0 bridgehead atoms. The van der Waals surface area contributed by atoms with Gasteiger partial charge in [-0.2, -0.15) is 0 Å². The number of hydrogen-bond donors (Lipinski definition) is 1. The third-order valence-electron chi connectivity index (χ3n) is 5.08. The maximum Gasteiger partial charge on any atom is 0.226 e. The number of hydrogen-bond acceptors (Lipinski definition) is 3. The molecule has 5 heteroatoms. The average Bonchev–Trinajstić information content (AvgIpc) is 2.61. The summed E-state index contributed by atoms with van der Waals surface area (Å²) in [4.78, 5) is 28.3. The molecule has 2 heterocycles. The smallest absolute Gasteiger partial charge is 0.226 e. The molecule has 2 fully saturated rings. The summed E-state index contributed by atoms with van der Waals surface area (Å²) in [6, 6.07) is 10.9. The minimum atomic E-state index is -0.118. The Balaban J connectivity index is 1.54. The molecule has 0 spiro atoms. The monoisotopic (exact) mass is 315 g/mol. The summed E-state index contributed by atoms with van der Waals surface area (Å²) >= 11 is 0. The van der Waals surface area contributed by atoms with Crippen molar-refractivity contribution in [2.24, 2.45) is 5.92 Å². The third kappa shape index (κ3) is 3.66. The Morgan fingerprint density at radius 1 is 1.17 bits per heavy atom. The summed E-state index contributed by atoms with van der Waals surface area (Å²) in [5.74, 6) is 0.0566. The van der Waals surface area contributed by atoms with Gasteiger partial charge in [-0.25, -0.2) is 0 Å². The van der Waals surface area contributed by atoms with Gasteiger partial charge >= 0.3 is 0 Å². The first-order valence-corrected chi connectivity index (χ1v) is 8.48. The van der Waals surface area contributed by atoms with Crippen LogP contribution in [0.5, 0.6) is 0 Å². The fraction of sp³-hybridized carbons (Fsp3) is 0.556. The van der Waals surface area contributed by atoms with E-state index in [1.54, 1.807) is 0 Å². The largest absolute Gasteiger partial charge is 0.371 e. The number of nitrogens with zero attached hydrogens (tertiary/aromatic N) is 2. The second-order valence-corrected chi connectivity index (χ2v) is 6.54. The van der Waals surface area contributed by atoms with E-state index < -0.39 is 0 Å². The second-order valence-electron chi connectivity index (χ2n) is 6.54. The topological polar surface area (TPSA) is 52.6 Å². The standard InChI is InChI=1S/C18H25N3O2/c1-20(15-5-3-2-4-6-15)16-8-11-21(12-9-16)18(23)14-7-10-19-17(22)13-14/h2-6,14,16H,7-13H2,1H3,(H,19,22). The van der Waals surface area contributed by atoms with Crippen molar-refractivity contribution in [1.82, 2.24) is 10.2 Å². The fourth-order valence-corrected chi connectivity index (χ4v) is 3.60. The molecule has 0 radical (unpaired) electrons. The minimum Gasteiger partial charge on any atom is -0.371 e. The summed E-state index contributed by atoms with van der Waals surface area (Å²) in [6.07, 6.45) is 3.09. The lowest BCUT2D eigenvalue weighted by Crippen LogP contribution is -2.49. The maximum atomic E-state index is 12.6. The van der Waals surface area contributed by atoms with Crippen LogP contribution in [0.4, 0.5) is 5.69 Å². The van der Waals surface area contributed by atoms with Gasteiger partial charge in [0.2, 0.25) is 11.8 Å². The van der Waals surface area contributed by atoms with E-state index in [2.05, 4.69) is 41.5 Å². The van der Waals surface area contributed by atoms with Crippen LogP contribution in [0.25, 0.3) is 0 Å². The van der Waals surface area contributed by atoms with Crippen molar-refractivity contribution >= 4 is 17.5 Å². The molecule has 1 unspecified atom stereocenters. The van der Waals surface area contributed by atoms with Crippen LogP contribution >= 0.6 is 0 Å². The van der Waals surface area contributed by atoms with E-state index in [1.807, 2.05) is 11.0 Å². The third-order valence-corrected chi connectivity index (χ3v) is 5.08. The molecule has 1 atom stereocenters. The highest BCUT2D eigenvalue weighted by atomic mass is 16.2. The van der Waals surface area contributed by atoms with Crippen LogP contribution < -0.4 is 10.2 Å². The van der Waals surface area contributed by atoms with Gasteiger partial charge in [0.15, 0.2) is 0 Å². The molecule has 2 aliphatic rings. The zero-order chi connectivity index (χ0) is 16.2. The molecule has 0 aromatic heterocycles. The first-order chi connectivity index (χ1) is 11.1. The van der Waals surface area contributed by atoms with E-state index in [0.717, 1.165) is 32.4 Å². The molecule has 2 amide bonds. The van der Waals surface area contributed by atoms with Crippen molar-refractivity contribution in [2.45, 2.75) is 31.7 Å². The Morgan fingerprint density at radius 2 is 1.87 bits per heavy atom. The quantitative estimate of drug-likeness (QED) is 0.922. The number of rotatable bonds is 3. The van der Waals surface area contributed by atoms with Gasteiger partial charge in [0.05, 0.1) is 0 Å². The molecule has 0 aliphatic carbocycles. The number of likely N-dealkylation sites (tertiary alicyclic amines) is 1. The number of para-hydroxylation sites is 1. The van der Waals surface area contributed by atoms with Gasteiger partial charge in [-0.3, -0.25) is 9.59 Å². The van der Waals surface area contributed by atoms with Gasteiger partial charge in [0.1, 0.15) is 0 Å². The number of nitrogens with one attached hydrogen (secondary N) is 1. The molecule has 2 saturated heterocycles. The predicted molar refractivity (Wildman–Crippen MR) is 90.2 cm³/mol. The molecular weight excluding hydrogens is 290 g/mol. The molecule has 23 heavy (non-hydrogen) atoms. The zero-order valence-corrected chi connectivity index (χ0v) is 13.7. The summed E-state index contributed by atoms with van der Waals surface area (Å²) in [5, 5.41) is 2.79. The van der Waals surface area contributed by atoms with Crippen molar-refractivity contribution < 1.29 is 9.59 Å². The highest BCUT2D eigenvalue weighted by Crippen LogP contribution is 2.24. The van der Waals surface area contributed by atoms with E-state index in [4.69, 9.17) is 0 Å². The van der Waals surface area contributed by atoms with Crippen molar-refractivity contribution in [2.75, 3.05) is 31.6 Å². The Bertz CT molecular complexity index is 553. The molecular formula is C18H25N3O2. The number of piperidine rings is 2. The van der Waals surface area contributed by atoms with Gasteiger partial charge in [-0.15, -0.1) is 0 Å². The van der Waals surface area contributed by atoms with Gasteiger partial charge in [-0.05, 0) is 31.4 Å². The van der Waals surface area contributed by atoms with Crippen LogP contribution in [0.1, 0.15) is 25.7 Å². The van der Waals surface area contributed by atoms with Gasteiger partial charge < -0.3 is 15.1 Å². The van der Waals surface area contributed by atoms with Crippen LogP contribution in [0.3, 0.4) is 0 Å². The molecule has 3 rings (SSSR count). The van der Waals surface area contributed by atoms with Crippen LogP contribution in [-0.2, 0) is 9.59 Å². The molecule has 1 aromatic rings. The normalized spacial score (nSPS) is 22.6. The Morgan fingerprint density at radius 3 is 2.52 bits per heavy atom. The highest BCUT2D eigenvalue weighted by molar-refractivity contribution is 5.87. The van der Waals surface area contributed by atoms with Crippen molar-refractivity contribution in [3.8, 4) is 0 Å². The van der Waals surface area contributed by atoms with Crippen LogP contribution in [0.2, 0.25) is 0 Å². The Labute approximate surface area is 137 Å². The molecule has 124 valence electrons. The molecule has 0 saturated carbocycles. The summed E-state index contributed by atoms with van der Waals surface area (Å²) < 4.78 is 0. The summed E-state index contributed by atoms with van der Waals surface area (Å²) in [7, 11) is 2.13. The number of carbonyl (C=O) groups excluding carboxylic acids is 2. The number of amides is 2. The lowest BCUT2D eigenvalue weighted by molar-refractivity contribution is -0.141. The molecule has 1 N–H and O–H groups in total. The summed E-state index contributed by atoms with van der Waals surface area (Å²) in [5.41, 5.74) is 1.22. The van der Waals surface area contributed by atoms with E-state index in [-0.39, 0.29) is 17.7 Å². The fourth-order valence-electron chi connectivity index (χ4n) is 3.60. The van der Waals surface area contributed by atoms with Gasteiger partial charge in [0.25, 0.3) is 0 Å². The highest BCUT2D eigenvalue weighted by Gasteiger charge is 2.32. The van der Waals surface area contributed by atoms with E-state index in [0.29, 0.717) is 19.0 Å². The van der Waals surface area contributed by atoms with Crippen LogP contribution in [-0.4, -0.2) is 49.4 Å².